The maximum atomic E-state index is 14.1. The number of piperazine rings is 2. The van der Waals surface area contributed by atoms with Crippen molar-refractivity contribution in [3.63, 3.8) is 0 Å². The van der Waals surface area contributed by atoms with E-state index in [4.69, 9.17) is 31.0 Å². The number of pyridine rings is 2. The van der Waals surface area contributed by atoms with Crippen LogP contribution < -0.4 is 51.9 Å². The summed E-state index contributed by atoms with van der Waals surface area (Å²) in [5, 5.41) is 33.0. The van der Waals surface area contributed by atoms with E-state index in [0.717, 1.165) is 220 Å². The molecule has 4 atom stereocenters. The maximum absolute atomic E-state index is 14.1. The van der Waals surface area contributed by atoms with Crippen molar-refractivity contribution in [2.45, 2.75) is 127 Å². The van der Waals surface area contributed by atoms with Gasteiger partial charge in [0.15, 0.2) is 11.3 Å². The van der Waals surface area contributed by atoms with Crippen LogP contribution >= 0.6 is 0 Å². The smallest absolute Gasteiger partial charge is 0.317 e. The molecule has 6 aromatic heterocycles. The van der Waals surface area contributed by atoms with Crippen molar-refractivity contribution < 1.29 is 61.8 Å². The fourth-order valence-electron chi connectivity index (χ4n) is 17.9. The molecular weight excluding hydrogens is 1630 g/mol. The monoisotopic (exact) mass is 1730 g/mol. The first-order valence-corrected chi connectivity index (χ1v) is 43.8. The van der Waals surface area contributed by atoms with Crippen LogP contribution in [0.2, 0.25) is 0 Å². The van der Waals surface area contributed by atoms with Gasteiger partial charge >= 0.3 is 5.97 Å². The molecule has 9 amide bonds. The van der Waals surface area contributed by atoms with Crippen molar-refractivity contribution in [3.8, 4) is 22.8 Å². The van der Waals surface area contributed by atoms with E-state index in [0.29, 0.717) is 45.0 Å². The molecule has 0 aliphatic carbocycles. The number of benzene rings is 4. The van der Waals surface area contributed by atoms with Gasteiger partial charge in [-0.15, -0.1) is 10.2 Å². The lowest BCUT2D eigenvalue weighted by atomic mass is 10.0. The normalized spacial score (nSPS) is 19.0. The Balaban J connectivity index is 0.000000156. The number of halogens is 2. The quantitative estimate of drug-likeness (QED) is 0.0170. The molecule has 0 radical (unpaired) electrons. The number of imidazole rings is 2. The molecule has 6 fully saturated rings. The summed E-state index contributed by atoms with van der Waals surface area (Å²) in [6, 6.07) is 41.6. The molecule has 35 heteroatoms. The molecule has 660 valence electrons. The summed E-state index contributed by atoms with van der Waals surface area (Å²) in [6.07, 6.45) is 15.8. The number of amides is 9. The minimum absolute atomic E-state index is 0.0155. The van der Waals surface area contributed by atoms with Crippen molar-refractivity contribution in [3.05, 3.63) is 203 Å². The second-order valence-corrected chi connectivity index (χ2v) is 32.9. The Kier molecular flexibility index (Phi) is 27.2. The zero-order valence-electron chi connectivity index (χ0n) is 70.5. The summed E-state index contributed by atoms with van der Waals surface area (Å²) in [6.45, 7) is 10.6. The molecule has 2 unspecified atom stereocenters. The zero-order valence-corrected chi connectivity index (χ0v) is 70.5. The third kappa shape index (κ3) is 20.1. The van der Waals surface area contributed by atoms with Crippen LogP contribution in [0.1, 0.15) is 167 Å². The van der Waals surface area contributed by atoms with Crippen LogP contribution in [-0.4, -0.2) is 240 Å². The van der Waals surface area contributed by atoms with Crippen LogP contribution in [0.3, 0.4) is 0 Å². The molecule has 4 aromatic carbocycles. The van der Waals surface area contributed by atoms with E-state index in [9.17, 15) is 56.7 Å². The van der Waals surface area contributed by atoms with Gasteiger partial charge in [-0.1, -0.05) is 62.1 Å². The second-order valence-electron chi connectivity index (χ2n) is 32.9. The third-order valence-electron chi connectivity index (χ3n) is 24.5. The number of hydrogen-bond donors (Lipinski definition) is 7. The van der Waals surface area contributed by atoms with Gasteiger partial charge in [0.2, 0.25) is 29.5 Å². The number of carbonyl (C=O) groups excluding carboxylic acids is 9. The van der Waals surface area contributed by atoms with Gasteiger partial charge in [0.25, 0.3) is 23.6 Å². The van der Waals surface area contributed by atoms with Crippen molar-refractivity contribution in [2.75, 3.05) is 135 Å². The van der Waals surface area contributed by atoms with Gasteiger partial charge in [0, 0.05) is 109 Å². The van der Waals surface area contributed by atoms with Crippen LogP contribution in [0.25, 0.3) is 34.1 Å². The van der Waals surface area contributed by atoms with Gasteiger partial charge in [-0.2, -0.15) is 0 Å². The number of rotatable bonds is 29. The van der Waals surface area contributed by atoms with E-state index >= 15 is 0 Å². The zero-order chi connectivity index (χ0) is 88.2. The molecule has 18 rings (SSSR count). The Morgan fingerprint density at radius 3 is 1.31 bits per heavy atom. The third-order valence-corrected chi connectivity index (χ3v) is 24.5. The number of hydrogen-bond acceptors (Lipinski definition) is 25. The molecule has 127 heavy (non-hydrogen) atoms. The highest BCUT2D eigenvalue weighted by Crippen LogP contribution is 2.40. The van der Waals surface area contributed by atoms with Crippen LogP contribution in [0.15, 0.2) is 158 Å². The van der Waals surface area contributed by atoms with Crippen molar-refractivity contribution in [2.24, 2.45) is 5.73 Å². The number of nitrogens with zero attached hydrogens (tertiary/aromatic N) is 16. The minimum Gasteiger partial charge on any atom is -0.480 e. The van der Waals surface area contributed by atoms with Gasteiger partial charge in [-0.3, -0.25) is 78.2 Å². The Hall–Kier alpha value is -13.5. The average Bonchev–Trinajstić information content (AvgIpc) is 1.61. The summed E-state index contributed by atoms with van der Waals surface area (Å²) in [4.78, 5) is 157. The molecular formula is C92H102F2N22O11. The van der Waals surface area contributed by atoms with Gasteiger partial charge in [-0.25, -0.2) is 37.7 Å². The van der Waals surface area contributed by atoms with E-state index in [1.165, 1.54) is 12.1 Å². The highest BCUT2D eigenvalue weighted by molar-refractivity contribution is 6.25. The van der Waals surface area contributed by atoms with Gasteiger partial charge in [0.1, 0.15) is 58.4 Å². The number of aliphatic carboxylic acids is 1. The molecule has 10 aromatic rings. The number of unbranched alkanes of at least 4 members (excludes halogenated alkanes) is 6. The number of fused-ring (bicyclic) bond motifs is 4. The number of nitrogens with one attached hydrogen (secondary N) is 5. The number of carboxylic acid groups (broad SMARTS) is 1. The molecule has 6 saturated heterocycles. The van der Waals surface area contributed by atoms with Crippen LogP contribution in [0.5, 0.6) is 0 Å². The fourth-order valence-corrected chi connectivity index (χ4v) is 17.9. The maximum Gasteiger partial charge on any atom is 0.317 e. The highest BCUT2D eigenvalue weighted by atomic mass is 19.1. The van der Waals surface area contributed by atoms with Crippen molar-refractivity contribution in [1.29, 1.82) is 0 Å². The molecule has 0 spiro atoms. The van der Waals surface area contributed by atoms with Crippen molar-refractivity contribution >= 4 is 105 Å². The fraction of sp³-hybridized carbons (Fsp3) is 0.391. The first kappa shape index (κ1) is 87.0. The lowest BCUT2D eigenvalue weighted by molar-refractivity contribution is -0.139. The lowest BCUT2D eigenvalue weighted by Gasteiger charge is -2.35. The average molecular weight is 1730 g/mol. The number of anilines is 6. The Morgan fingerprint density at radius 1 is 0.441 bits per heavy atom. The Labute approximate surface area is 731 Å². The number of nitrogens with two attached hydrogens (primary N) is 1. The molecule has 8 aliphatic heterocycles. The Bertz CT molecular complexity index is 5790. The Morgan fingerprint density at radius 2 is 0.874 bits per heavy atom. The van der Waals surface area contributed by atoms with E-state index in [1.54, 1.807) is 73.1 Å². The van der Waals surface area contributed by atoms with E-state index in [2.05, 4.69) is 61.1 Å². The van der Waals surface area contributed by atoms with Gasteiger partial charge < -0.3 is 46.4 Å². The molecule has 0 saturated carbocycles. The summed E-state index contributed by atoms with van der Waals surface area (Å²) in [5.41, 5.74) is 14.5. The van der Waals surface area contributed by atoms with E-state index in [1.807, 2.05) is 86.7 Å². The molecule has 14 heterocycles. The minimum atomic E-state index is -0.988. The highest BCUT2D eigenvalue weighted by Gasteiger charge is 2.47. The predicted molar refractivity (Wildman–Crippen MR) is 471 cm³/mol. The molecule has 8 N–H and O–H groups in total. The second kappa shape index (κ2) is 39.8. The standard InChI is InChI=1S/C46H50FN11O5.C27H28FN7O2.C19H24N4O4/c47-31-9-5-8-30(26-31)36-11-7-21-56(36)41-17-16-39-50-28-38(58(39)53-41)35-10-6-12-40(51-35)55-24-22-54(23-25-55)29-43(60)49-20-4-2-1-3-19-48-32-13-14-33-34(27-32)46(63)57(45(33)62)37-15-18-42(59)52-44(37)61;28-20-5-1-4-19(16-20)22-7-3-11-34(22)26-10-9-24-29-17-23(35(24)31-26)21-6-2-8-25(30-21)33-14-12-32(13-15-33)18-27(36)37;20-9-3-1-2-4-10-21-12-5-6-13-14(11-12)19(27)23(18(13)26)15-7-8-16(24)22-17(15)25/h5-6,8-10,12-14,16-17,26-28,36-37,48H,1-4,7,11,15,18-25,29H2,(H,49,60)(H,52,59,61);1-2,4-6,8-10,16-17,22H,3,7,11-15,18H2,(H,36,37);5-6,11,15,21H,1-4,7-10,20H2,(H,22,24,25)/t36-,37?;22-;/m11./s1. The molecule has 8 aliphatic rings. The van der Waals surface area contributed by atoms with Gasteiger partial charge in [-0.05, 0) is 191 Å². The topological polar surface area (TPSA) is 389 Å². The summed E-state index contributed by atoms with van der Waals surface area (Å²) in [5.74, 6) is -1.94. The van der Waals surface area contributed by atoms with Crippen LogP contribution in [0, 0.1) is 11.6 Å². The number of aromatic nitrogens is 8. The number of carboxylic acids is 1. The number of carbonyl (C=O) groups is 10. The largest absolute Gasteiger partial charge is 0.480 e. The van der Waals surface area contributed by atoms with E-state index < -0.39 is 59.4 Å². The number of piperidine rings is 2. The van der Waals surface area contributed by atoms with Crippen LogP contribution in [-0.2, 0) is 28.8 Å². The summed E-state index contributed by atoms with van der Waals surface area (Å²) in [7, 11) is 0. The van der Waals surface area contributed by atoms with Crippen LogP contribution in [0.4, 0.5) is 43.4 Å². The molecule has 0 bridgehead atoms. The first-order chi connectivity index (χ1) is 61.8. The first-order valence-electron chi connectivity index (χ1n) is 43.8. The predicted octanol–water partition coefficient (Wildman–Crippen LogP) is 9.08. The lowest BCUT2D eigenvalue weighted by Crippen LogP contribution is -2.54. The summed E-state index contributed by atoms with van der Waals surface area (Å²) >= 11 is 0. The molecule has 33 nitrogen and oxygen atoms in total. The van der Waals surface area contributed by atoms with Crippen molar-refractivity contribution in [1.82, 2.24) is 74.7 Å². The summed E-state index contributed by atoms with van der Waals surface area (Å²) < 4.78 is 31.7. The SMILES string of the molecule is NCCCCCCNc1ccc2c(c1)C(=O)N(C1CCC(=O)NC1=O)C2=O.O=C(CN1CCN(c2cccc(-c3cnc4ccc(N5CCC[C@@H]5c5cccc(F)c5)nn34)n2)CC1)NCCCCCCNc1ccc2c(c1)C(=O)N(C1CCC(=O)NC1=O)C2=O.O=C(O)CN1CCN(c2cccc(-c3cnc4ccc(N5CCC[C@@H]5c5cccc(F)c5)nn34)n2)CC1. The van der Waals surface area contributed by atoms with Gasteiger partial charge in [0.05, 0.1) is 71.2 Å². The number of imide groups is 4. The van der Waals surface area contributed by atoms with E-state index in [-0.39, 0.29) is 90.0 Å².